The fraction of sp³-hybridized carbons (Fsp3) is 0.0714. The van der Waals surface area contributed by atoms with E-state index in [-0.39, 0.29) is 10.5 Å². The molecule has 0 unspecified atom stereocenters. The standard InChI is InChI=1S/C14H14N2O4S/c1-20-14(17)10-2-8-13(9-3-10)21(18,19)16-12-6-4-11(15)5-7-12/h2-9,16H,15H2,1H3. The lowest BCUT2D eigenvalue weighted by Crippen LogP contribution is -2.13. The molecule has 2 aromatic carbocycles. The summed E-state index contributed by atoms with van der Waals surface area (Å²) in [5, 5.41) is 0. The number of methoxy groups -OCH3 is 1. The van der Waals surface area contributed by atoms with E-state index in [1.807, 2.05) is 0 Å². The Balaban J connectivity index is 2.23. The first-order valence-corrected chi connectivity index (χ1v) is 7.47. The second-order valence-electron chi connectivity index (χ2n) is 4.24. The zero-order chi connectivity index (χ0) is 15.5. The van der Waals surface area contributed by atoms with Crippen LogP contribution >= 0.6 is 0 Å². The van der Waals surface area contributed by atoms with Crippen molar-refractivity contribution in [2.45, 2.75) is 4.90 Å². The predicted molar refractivity (Wildman–Crippen MR) is 79.4 cm³/mol. The molecule has 0 bridgehead atoms. The Morgan fingerprint density at radius 3 is 2.14 bits per heavy atom. The zero-order valence-corrected chi connectivity index (χ0v) is 12.1. The van der Waals surface area contributed by atoms with Crippen molar-refractivity contribution in [3.8, 4) is 0 Å². The van der Waals surface area contributed by atoms with Crippen LogP contribution in [0.2, 0.25) is 0 Å². The van der Waals surface area contributed by atoms with E-state index >= 15 is 0 Å². The summed E-state index contributed by atoms with van der Waals surface area (Å²) in [5.41, 5.74) is 6.77. The lowest BCUT2D eigenvalue weighted by atomic mass is 10.2. The van der Waals surface area contributed by atoms with Crippen LogP contribution in [-0.2, 0) is 14.8 Å². The molecule has 0 saturated carbocycles. The van der Waals surface area contributed by atoms with Gasteiger partial charge in [0.15, 0.2) is 0 Å². The van der Waals surface area contributed by atoms with Crippen molar-refractivity contribution in [2.24, 2.45) is 0 Å². The molecule has 2 rings (SSSR count). The third kappa shape index (κ3) is 3.51. The highest BCUT2D eigenvalue weighted by molar-refractivity contribution is 7.92. The van der Waals surface area contributed by atoms with E-state index in [0.29, 0.717) is 11.4 Å². The van der Waals surface area contributed by atoms with Crippen LogP contribution in [-0.4, -0.2) is 21.5 Å². The van der Waals surface area contributed by atoms with Crippen LogP contribution in [0.1, 0.15) is 10.4 Å². The molecular weight excluding hydrogens is 292 g/mol. The van der Waals surface area contributed by atoms with Gasteiger partial charge in [0.25, 0.3) is 10.0 Å². The summed E-state index contributed by atoms with van der Waals surface area (Å²) in [5.74, 6) is -0.523. The molecule has 0 amide bonds. The molecule has 0 saturated heterocycles. The van der Waals surface area contributed by atoms with Gasteiger partial charge in [-0.05, 0) is 48.5 Å². The van der Waals surface area contributed by atoms with Gasteiger partial charge in [-0.1, -0.05) is 0 Å². The smallest absolute Gasteiger partial charge is 0.337 e. The Morgan fingerprint density at radius 1 is 1.05 bits per heavy atom. The maximum atomic E-state index is 12.2. The number of hydrogen-bond acceptors (Lipinski definition) is 5. The molecule has 0 atom stereocenters. The van der Waals surface area contributed by atoms with Crippen molar-refractivity contribution < 1.29 is 17.9 Å². The molecular formula is C14H14N2O4S. The van der Waals surface area contributed by atoms with Crippen LogP contribution in [0.25, 0.3) is 0 Å². The number of hydrogen-bond donors (Lipinski definition) is 2. The Labute approximate surface area is 122 Å². The van der Waals surface area contributed by atoms with Crippen LogP contribution in [0.4, 0.5) is 11.4 Å². The van der Waals surface area contributed by atoms with E-state index in [9.17, 15) is 13.2 Å². The Hall–Kier alpha value is -2.54. The topological polar surface area (TPSA) is 98.5 Å². The van der Waals surface area contributed by atoms with Gasteiger partial charge in [-0.15, -0.1) is 0 Å². The second kappa shape index (κ2) is 5.84. The Bertz CT molecular complexity index is 738. The molecule has 21 heavy (non-hydrogen) atoms. The highest BCUT2D eigenvalue weighted by Crippen LogP contribution is 2.18. The minimum Gasteiger partial charge on any atom is -0.465 e. The quantitative estimate of drug-likeness (QED) is 0.663. The molecule has 6 nitrogen and oxygen atoms in total. The second-order valence-corrected chi connectivity index (χ2v) is 5.93. The number of nitrogens with one attached hydrogen (secondary N) is 1. The molecule has 0 radical (unpaired) electrons. The highest BCUT2D eigenvalue weighted by atomic mass is 32.2. The lowest BCUT2D eigenvalue weighted by Gasteiger charge is -2.08. The van der Waals surface area contributed by atoms with Gasteiger partial charge in [-0.2, -0.15) is 0 Å². The van der Waals surface area contributed by atoms with Crippen molar-refractivity contribution in [3.63, 3.8) is 0 Å². The summed E-state index contributed by atoms with van der Waals surface area (Å²) >= 11 is 0. The molecule has 0 aromatic heterocycles. The molecule has 0 aliphatic carbocycles. The summed E-state index contributed by atoms with van der Waals surface area (Å²) in [6, 6.07) is 11.8. The first-order chi connectivity index (χ1) is 9.92. The molecule has 2 aromatic rings. The molecule has 0 spiro atoms. The van der Waals surface area contributed by atoms with Gasteiger partial charge in [0, 0.05) is 11.4 Å². The number of benzene rings is 2. The predicted octanol–water partition coefficient (Wildman–Crippen LogP) is 1.86. The molecule has 0 heterocycles. The van der Waals surface area contributed by atoms with Crippen molar-refractivity contribution in [3.05, 3.63) is 54.1 Å². The fourth-order valence-electron chi connectivity index (χ4n) is 1.65. The third-order valence-corrected chi connectivity index (χ3v) is 4.15. The van der Waals surface area contributed by atoms with Crippen LogP contribution < -0.4 is 10.5 Å². The van der Waals surface area contributed by atoms with Crippen molar-refractivity contribution in [2.75, 3.05) is 17.6 Å². The first kappa shape index (κ1) is 14.9. The van der Waals surface area contributed by atoms with Crippen LogP contribution in [0.15, 0.2) is 53.4 Å². The maximum Gasteiger partial charge on any atom is 0.337 e. The minimum absolute atomic E-state index is 0.0481. The molecule has 0 aliphatic heterocycles. The number of nitrogen functional groups attached to an aromatic ring is 1. The summed E-state index contributed by atoms with van der Waals surface area (Å²) in [6.07, 6.45) is 0. The maximum absolute atomic E-state index is 12.2. The number of sulfonamides is 1. The van der Waals surface area contributed by atoms with Gasteiger partial charge in [0.05, 0.1) is 17.6 Å². The van der Waals surface area contributed by atoms with E-state index in [0.717, 1.165) is 0 Å². The lowest BCUT2D eigenvalue weighted by molar-refractivity contribution is 0.0600. The van der Waals surface area contributed by atoms with Crippen molar-refractivity contribution in [1.29, 1.82) is 0 Å². The van der Waals surface area contributed by atoms with E-state index in [4.69, 9.17) is 5.73 Å². The summed E-state index contributed by atoms with van der Waals surface area (Å²) in [7, 11) is -2.46. The highest BCUT2D eigenvalue weighted by Gasteiger charge is 2.15. The van der Waals surface area contributed by atoms with E-state index in [1.54, 1.807) is 24.3 Å². The van der Waals surface area contributed by atoms with Crippen LogP contribution in [0.3, 0.4) is 0 Å². The average Bonchev–Trinajstić information content (AvgIpc) is 2.49. The normalized spacial score (nSPS) is 10.9. The largest absolute Gasteiger partial charge is 0.465 e. The fourth-order valence-corrected chi connectivity index (χ4v) is 2.71. The number of nitrogens with two attached hydrogens (primary N) is 1. The molecule has 3 N–H and O–H groups in total. The monoisotopic (exact) mass is 306 g/mol. The van der Waals surface area contributed by atoms with E-state index < -0.39 is 16.0 Å². The SMILES string of the molecule is COC(=O)c1ccc(S(=O)(=O)Nc2ccc(N)cc2)cc1. The average molecular weight is 306 g/mol. The molecule has 110 valence electrons. The van der Waals surface area contributed by atoms with Crippen molar-refractivity contribution in [1.82, 2.24) is 0 Å². The summed E-state index contributed by atoms with van der Waals surface area (Å²) in [4.78, 5) is 11.3. The van der Waals surface area contributed by atoms with Gasteiger partial charge >= 0.3 is 5.97 Å². The van der Waals surface area contributed by atoms with Gasteiger partial charge in [0.1, 0.15) is 0 Å². The van der Waals surface area contributed by atoms with Gasteiger partial charge in [-0.3, -0.25) is 4.72 Å². The van der Waals surface area contributed by atoms with Gasteiger partial charge in [-0.25, -0.2) is 13.2 Å². The zero-order valence-electron chi connectivity index (χ0n) is 11.2. The van der Waals surface area contributed by atoms with Crippen molar-refractivity contribution >= 4 is 27.4 Å². The number of carbonyl (C=O) groups excluding carboxylic acids is 1. The number of esters is 1. The van der Waals surface area contributed by atoms with Gasteiger partial charge < -0.3 is 10.5 Å². The Morgan fingerprint density at radius 2 is 1.62 bits per heavy atom. The van der Waals surface area contributed by atoms with Gasteiger partial charge in [0.2, 0.25) is 0 Å². The number of rotatable bonds is 4. The minimum atomic E-state index is -3.72. The van der Waals surface area contributed by atoms with E-state index in [1.165, 1.54) is 31.4 Å². The summed E-state index contributed by atoms with van der Waals surface area (Å²) in [6.45, 7) is 0. The van der Waals surface area contributed by atoms with Crippen LogP contribution in [0.5, 0.6) is 0 Å². The summed E-state index contributed by atoms with van der Waals surface area (Å²) < 4.78 is 31.3. The van der Waals surface area contributed by atoms with Crippen LogP contribution in [0, 0.1) is 0 Å². The number of anilines is 2. The molecule has 0 aliphatic rings. The first-order valence-electron chi connectivity index (χ1n) is 5.99. The molecule has 0 fully saturated rings. The van der Waals surface area contributed by atoms with E-state index in [2.05, 4.69) is 9.46 Å². The molecule has 7 heteroatoms. The Kier molecular flexibility index (Phi) is 4.13. The third-order valence-electron chi connectivity index (χ3n) is 2.75. The number of ether oxygens (including phenoxy) is 1. The number of carbonyl (C=O) groups is 1.